The fraction of sp³-hybridized carbons (Fsp3) is 0. The minimum Gasteiger partial charge on any atom is -1.00 e. The van der Waals surface area contributed by atoms with Gasteiger partial charge >= 0.3 is 48.9 Å². The van der Waals surface area contributed by atoms with E-state index < -0.39 is 0 Å². The molecule has 0 amide bonds. The first-order valence-electron chi connectivity index (χ1n) is 5.35. The molecule has 1 heterocycles. The van der Waals surface area contributed by atoms with E-state index in [0.29, 0.717) is 0 Å². The second-order valence-corrected chi connectivity index (χ2v) is 3.76. The fourth-order valence-corrected chi connectivity index (χ4v) is 1.84. The van der Waals surface area contributed by atoms with Gasteiger partial charge in [-0.15, -0.1) is 0 Å². The monoisotopic (exact) mass is 345 g/mol. The molecule has 17 heavy (non-hydrogen) atoms. The Hall–Kier alpha value is -0.579. The van der Waals surface area contributed by atoms with E-state index in [1.165, 1.54) is 5.39 Å². The van der Waals surface area contributed by atoms with Gasteiger partial charge in [0.2, 0.25) is 0 Å². The molecule has 0 spiro atoms. The number of aromatic nitrogens is 1. The van der Waals surface area contributed by atoms with Gasteiger partial charge in [0.15, 0.2) is 0 Å². The molecule has 3 rings (SSSR count). The summed E-state index contributed by atoms with van der Waals surface area (Å²) in [6.07, 6.45) is 0. The Bertz CT molecular complexity index is 629. The van der Waals surface area contributed by atoms with Crippen LogP contribution >= 0.6 is 0 Å². The first-order chi connectivity index (χ1) is 7.93. The van der Waals surface area contributed by atoms with Gasteiger partial charge in [-0.1, -0.05) is 54.6 Å². The van der Waals surface area contributed by atoms with Gasteiger partial charge in [0, 0.05) is 10.9 Å². The summed E-state index contributed by atoms with van der Waals surface area (Å²) in [7, 11) is 0. The van der Waals surface area contributed by atoms with Crippen LogP contribution in [0.25, 0.3) is 22.2 Å². The van der Waals surface area contributed by atoms with Crippen LogP contribution in [0.5, 0.6) is 0 Å². The Morgan fingerprint density at radius 3 is 2.24 bits per heavy atom. The molecule has 0 unspecified atom stereocenters. The number of rotatable bonds is 1. The topological polar surface area (TPSA) is 12.9 Å². The Kier molecular flexibility index (Phi) is 4.43. The Labute approximate surface area is 144 Å². The number of para-hydroxylation sites is 1. The van der Waals surface area contributed by atoms with Crippen LogP contribution in [-0.2, 0) is 0 Å². The van der Waals surface area contributed by atoms with Crippen molar-refractivity contribution in [2.45, 2.75) is 0 Å². The molecule has 80 valence electrons. The van der Waals surface area contributed by atoms with Crippen molar-refractivity contribution in [3.05, 3.63) is 66.7 Å². The van der Waals surface area contributed by atoms with Crippen molar-refractivity contribution >= 4 is 59.8 Å². The average Bonchev–Trinajstić information content (AvgIpc) is 2.39. The Morgan fingerprint density at radius 2 is 1.41 bits per heavy atom. The number of hydrogen-bond acceptors (Lipinski definition) is 1. The quantitative estimate of drug-likeness (QED) is 0.613. The van der Waals surface area contributed by atoms with Crippen LogP contribution < -0.4 is 0 Å². The van der Waals surface area contributed by atoms with E-state index in [2.05, 4.69) is 35.3 Å². The molecule has 1 nitrogen and oxygen atoms in total. The normalized spacial score (nSPS) is 9.88. The first-order valence-corrected chi connectivity index (χ1v) is 5.35. The van der Waals surface area contributed by atoms with Crippen LogP contribution in [0, 0.1) is 0 Å². The van der Waals surface area contributed by atoms with Gasteiger partial charge < -0.3 is 2.85 Å². The second-order valence-electron chi connectivity index (χ2n) is 3.76. The van der Waals surface area contributed by atoms with Crippen molar-refractivity contribution < 1.29 is 2.85 Å². The molecule has 2 heteroatoms. The molecule has 0 saturated carbocycles. The third kappa shape index (κ3) is 2.81. The van der Waals surface area contributed by atoms with Gasteiger partial charge in [0.05, 0.1) is 11.2 Å². The van der Waals surface area contributed by atoms with Gasteiger partial charge in [0.1, 0.15) is 0 Å². The predicted octanol–water partition coefficient (Wildman–Crippen LogP) is 3.75. The first kappa shape index (κ1) is 12.9. The maximum absolute atomic E-state index is 4.65. The zero-order valence-corrected chi connectivity index (χ0v) is 13.9. The van der Waals surface area contributed by atoms with Crippen LogP contribution in [0.1, 0.15) is 2.85 Å². The van der Waals surface area contributed by atoms with Crippen molar-refractivity contribution in [3.8, 4) is 11.3 Å². The average molecular weight is 345 g/mol. The van der Waals surface area contributed by atoms with E-state index in [4.69, 9.17) is 0 Å². The molecule has 0 saturated heterocycles. The van der Waals surface area contributed by atoms with Crippen LogP contribution in [0.3, 0.4) is 0 Å². The smallest absolute Gasteiger partial charge is 1.00 e. The number of hydrogen-bond donors (Lipinski definition) is 0. The van der Waals surface area contributed by atoms with Crippen molar-refractivity contribution in [2.75, 3.05) is 0 Å². The summed E-state index contributed by atoms with van der Waals surface area (Å²) in [5, 5.41) is 1.18. The molecule has 2 aromatic carbocycles. The second kappa shape index (κ2) is 5.85. The molecule has 0 fully saturated rings. The fourth-order valence-electron chi connectivity index (χ4n) is 1.84. The van der Waals surface area contributed by atoms with Crippen LogP contribution in [-0.4, -0.2) is 53.9 Å². The standard InChI is InChI=1S/C15H11N.Ba.2H/c1-2-6-12(7-3-1)15-11-10-13-8-4-5-9-14(13)16-15;;;/h1-11H;;;/q;+2;2*-1. The molecule has 0 atom stereocenters. The molecule has 0 radical (unpaired) electrons. The maximum Gasteiger partial charge on any atom is 2.00 e. The van der Waals surface area contributed by atoms with E-state index in [9.17, 15) is 0 Å². The molecule has 0 bridgehead atoms. The minimum atomic E-state index is 0. The summed E-state index contributed by atoms with van der Waals surface area (Å²) in [5.74, 6) is 0. The van der Waals surface area contributed by atoms with Crippen LogP contribution in [0.2, 0.25) is 0 Å². The number of nitrogens with zero attached hydrogens (tertiary/aromatic N) is 1. The summed E-state index contributed by atoms with van der Waals surface area (Å²) in [6.45, 7) is 0. The third-order valence-electron chi connectivity index (χ3n) is 2.67. The molecule has 1 aromatic heterocycles. The summed E-state index contributed by atoms with van der Waals surface area (Å²) in [6, 6.07) is 22.6. The van der Waals surface area contributed by atoms with Crippen molar-refractivity contribution in [3.63, 3.8) is 0 Å². The minimum absolute atomic E-state index is 0. The van der Waals surface area contributed by atoms with Crippen molar-refractivity contribution in [1.82, 2.24) is 4.98 Å². The van der Waals surface area contributed by atoms with Crippen LogP contribution in [0.4, 0.5) is 0 Å². The van der Waals surface area contributed by atoms with Gasteiger partial charge in [-0.05, 0) is 12.1 Å². The number of pyridine rings is 1. The van der Waals surface area contributed by atoms with E-state index >= 15 is 0 Å². The summed E-state index contributed by atoms with van der Waals surface area (Å²) >= 11 is 0. The number of fused-ring (bicyclic) bond motifs is 1. The zero-order valence-electron chi connectivity index (χ0n) is 11.5. The molecule has 0 aliphatic carbocycles. The van der Waals surface area contributed by atoms with Gasteiger partial charge in [-0.2, -0.15) is 0 Å². The summed E-state index contributed by atoms with van der Waals surface area (Å²) in [5.41, 5.74) is 3.23. The largest absolute Gasteiger partial charge is 2.00 e. The van der Waals surface area contributed by atoms with Gasteiger partial charge in [0.25, 0.3) is 0 Å². The SMILES string of the molecule is [Ba+2].[H-].[H-].c1ccc(-c2ccc3ccccc3n2)cc1. The van der Waals surface area contributed by atoms with Crippen molar-refractivity contribution in [2.24, 2.45) is 0 Å². The molecular formula is C15H13BaN. The van der Waals surface area contributed by atoms with Crippen molar-refractivity contribution in [1.29, 1.82) is 0 Å². The van der Waals surface area contributed by atoms with Gasteiger partial charge in [-0.25, -0.2) is 4.98 Å². The predicted molar refractivity (Wildman–Crippen MR) is 75.2 cm³/mol. The summed E-state index contributed by atoms with van der Waals surface area (Å²) < 4.78 is 0. The molecule has 3 aromatic rings. The van der Waals surface area contributed by atoms with Gasteiger partial charge in [-0.3, -0.25) is 0 Å². The van der Waals surface area contributed by atoms with E-state index in [0.717, 1.165) is 16.8 Å². The molecule has 0 aliphatic heterocycles. The number of benzene rings is 2. The molecule has 0 N–H and O–H groups in total. The maximum atomic E-state index is 4.65. The summed E-state index contributed by atoms with van der Waals surface area (Å²) in [4.78, 5) is 4.65. The van der Waals surface area contributed by atoms with Crippen LogP contribution in [0.15, 0.2) is 66.7 Å². The molecule has 0 aliphatic rings. The third-order valence-corrected chi connectivity index (χ3v) is 2.67. The molecular weight excluding hydrogens is 332 g/mol. The van der Waals surface area contributed by atoms with E-state index in [-0.39, 0.29) is 51.7 Å². The Balaban J connectivity index is 0.00000108. The van der Waals surface area contributed by atoms with E-state index in [1.807, 2.05) is 36.4 Å². The zero-order chi connectivity index (χ0) is 10.8. The van der Waals surface area contributed by atoms with E-state index in [1.54, 1.807) is 0 Å². The Morgan fingerprint density at radius 1 is 0.706 bits per heavy atom.